The van der Waals surface area contributed by atoms with Gasteiger partial charge in [-0.1, -0.05) is 29.3 Å². The van der Waals surface area contributed by atoms with Gasteiger partial charge in [0.05, 0.1) is 10.8 Å². The molecular weight excluding hydrogens is 188 g/mol. The number of benzene rings is 2. The second-order valence-corrected chi connectivity index (χ2v) is 3.34. The molecule has 0 aromatic heterocycles. The summed E-state index contributed by atoms with van der Waals surface area (Å²) in [7, 11) is 0. The zero-order chi connectivity index (χ0) is 10.3. The number of diazo groups is 1. The molecule has 0 saturated heterocycles. The van der Waals surface area contributed by atoms with Crippen LogP contribution in [-0.4, -0.2) is 5.96 Å². The van der Waals surface area contributed by atoms with Gasteiger partial charge in [-0.15, -0.1) is 0 Å². The molecule has 2 aromatic carbocycles. The normalized spacial score (nSPS) is 12.9. The van der Waals surface area contributed by atoms with Gasteiger partial charge in [0.1, 0.15) is 5.69 Å². The lowest BCUT2D eigenvalue weighted by Gasteiger charge is -2.07. The molecular formula is C11H7N4+. The van der Waals surface area contributed by atoms with Crippen LogP contribution in [0.25, 0.3) is 15.7 Å². The summed E-state index contributed by atoms with van der Waals surface area (Å²) in [4.78, 5) is 7.24. The van der Waals surface area contributed by atoms with Crippen molar-refractivity contribution in [2.24, 2.45) is 4.99 Å². The highest BCUT2D eigenvalue weighted by atomic mass is 15.2. The van der Waals surface area contributed by atoms with Crippen molar-refractivity contribution in [3.05, 3.63) is 41.4 Å². The Labute approximate surface area is 85.9 Å². The summed E-state index contributed by atoms with van der Waals surface area (Å²) >= 11 is 0. The van der Waals surface area contributed by atoms with Gasteiger partial charge < -0.3 is 0 Å². The molecule has 0 unspecified atom stereocenters. The molecule has 1 N–H and O–H groups in total. The van der Waals surface area contributed by atoms with Crippen LogP contribution < -0.4 is 5.32 Å². The molecule has 0 radical (unpaired) electrons. The molecule has 0 amide bonds. The zero-order valence-corrected chi connectivity index (χ0v) is 7.81. The van der Waals surface area contributed by atoms with Gasteiger partial charge >= 0.3 is 5.96 Å². The van der Waals surface area contributed by atoms with E-state index in [2.05, 4.69) is 15.3 Å². The molecule has 4 nitrogen and oxygen atoms in total. The van der Waals surface area contributed by atoms with Crippen molar-refractivity contribution in [1.29, 1.82) is 5.39 Å². The van der Waals surface area contributed by atoms with Crippen molar-refractivity contribution in [1.82, 2.24) is 0 Å². The summed E-state index contributed by atoms with van der Waals surface area (Å²) in [6.45, 7) is 0. The van der Waals surface area contributed by atoms with E-state index in [4.69, 9.17) is 5.39 Å². The van der Waals surface area contributed by atoms with Gasteiger partial charge in [-0.05, 0) is 22.5 Å². The van der Waals surface area contributed by atoms with Gasteiger partial charge in [-0.25, -0.2) is 5.32 Å². The summed E-state index contributed by atoms with van der Waals surface area (Å²) in [5, 5.41) is 13.8. The standard InChI is InChI=1S/C11H7N4/c12-15-11-13-8-5-1-3-7-4-2-6-9(14-11)10(7)8/h1-6H,(H,13,14)/q+1. The molecule has 70 valence electrons. The highest BCUT2D eigenvalue weighted by Gasteiger charge is 2.22. The summed E-state index contributed by atoms with van der Waals surface area (Å²) in [5.74, 6) is 0.223. The number of nitrogens with one attached hydrogen (secondary N) is 1. The molecule has 1 heterocycles. The molecule has 0 atom stereocenters. The van der Waals surface area contributed by atoms with Crippen LogP contribution in [0.15, 0.2) is 41.4 Å². The predicted molar refractivity (Wildman–Crippen MR) is 59.7 cm³/mol. The third kappa shape index (κ3) is 1.07. The Morgan fingerprint density at radius 3 is 2.73 bits per heavy atom. The van der Waals surface area contributed by atoms with Gasteiger partial charge in [0.25, 0.3) is 0 Å². The van der Waals surface area contributed by atoms with Crippen LogP contribution in [-0.2, 0) is 0 Å². The molecule has 3 rings (SSSR count). The van der Waals surface area contributed by atoms with Crippen molar-refractivity contribution in [3.63, 3.8) is 0 Å². The lowest BCUT2D eigenvalue weighted by Crippen LogP contribution is -2.10. The van der Waals surface area contributed by atoms with Gasteiger partial charge in [0, 0.05) is 0 Å². The predicted octanol–water partition coefficient (Wildman–Crippen LogP) is 3.11. The Kier molecular flexibility index (Phi) is 1.48. The molecule has 0 bridgehead atoms. The third-order valence-electron chi connectivity index (χ3n) is 2.45. The van der Waals surface area contributed by atoms with Crippen LogP contribution in [0.4, 0.5) is 11.4 Å². The summed E-state index contributed by atoms with van der Waals surface area (Å²) in [5.41, 5.74) is 1.75. The first kappa shape index (κ1) is 7.94. The molecule has 0 saturated carbocycles. The van der Waals surface area contributed by atoms with E-state index in [1.807, 2.05) is 36.4 Å². The quantitative estimate of drug-likeness (QED) is 0.656. The van der Waals surface area contributed by atoms with Gasteiger partial charge in [0.15, 0.2) is 5.69 Å². The van der Waals surface area contributed by atoms with Crippen molar-refractivity contribution in [3.8, 4) is 0 Å². The molecule has 1 aliphatic heterocycles. The monoisotopic (exact) mass is 195 g/mol. The smallest absolute Gasteiger partial charge is 0.224 e. The first-order chi connectivity index (χ1) is 7.38. The number of hydrogen-bond acceptors (Lipinski definition) is 3. The van der Waals surface area contributed by atoms with E-state index in [-0.39, 0.29) is 5.96 Å². The van der Waals surface area contributed by atoms with Crippen LogP contribution in [0.2, 0.25) is 0 Å². The van der Waals surface area contributed by atoms with E-state index in [9.17, 15) is 0 Å². The first-order valence-electron chi connectivity index (χ1n) is 4.61. The summed E-state index contributed by atoms with van der Waals surface area (Å²) in [6.07, 6.45) is 0. The largest absolute Gasteiger partial charge is 0.526 e. The average molecular weight is 195 g/mol. The van der Waals surface area contributed by atoms with E-state index in [1.54, 1.807) is 0 Å². The molecule has 15 heavy (non-hydrogen) atoms. The molecule has 1 aliphatic rings. The molecule has 0 fully saturated rings. The first-order valence-corrected chi connectivity index (χ1v) is 4.61. The topological polar surface area (TPSA) is 52.5 Å². The third-order valence-corrected chi connectivity index (χ3v) is 2.45. The Hall–Kier alpha value is -2.41. The molecule has 4 heteroatoms. The lowest BCUT2D eigenvalue weighted by molar-refractivity contribution is 1.43. The number of nitrogens with zero attached hydrogens (tertiary/aromatic N) is 3. The maximum absolute atomic E-state index is 8.70. The van der Waals surface area contributed by atoms with Crippen LogP contribution >= 0.6 is 0 Å². The Bertz CT molecular complexity index is 617. The van der Waals surface area contributed by atoms with Crippen LogP contribution in [0.5, 0.6) is 0 Å². The lowest BCUT2D eigenvalue weighted by atomic mass is 10.1. The van der Waals surface area contributed by atoms with E-state index < -0.39 is 0 Å². The average Bonchev–Trinajstić information content (AvgIpc) is 2.29. The maximum Gasteiger partial charge on any atom is 0.526 e. The molecule has 0 aliphatic carbocycles. The van der Waals surface area contributed by atoms with Crippen molar-refractivity contribution >= 4 is 28.1 Å². The minimum atomic E-state index is 0.223. The fraction of sp³-hybridized carbons (Fsp3) is 0. The van der Waals surface area contributed by atoms with E-state index in [1.165, 1.54) is 0 Å². The van der Waals surface area contributed by atoms with E-state index in [0.29, 0.717) is 0 Å². The fourth-order valence-corrected chi connectivity index (χ4v) is 1.83. The number of guanidine groups is 1. The fourth-order valence-electron chi connectivity index (χ4n) is 1.83. The SMILES string of the molecule is N#[N+]C1=Nc2cccc3cccc(c23)N1. The van der Waals surface area contributed by atoms with Crippen LogP contribution in [0.3, 0.4) is 0 Å². The van der Waals surface area contributed by atoms with Crippen LogP contribution in [0, 0.1) is 5.39 Å². The van der Waals surface area contributed by atoms with E-state index >= 15 is 0 Å². The molecule has 0 spiro atoms. The highest BCUT2D eigenvalue weighted by molar-refractivity contribution is 6.15. The second kappa shape index (κ2) is 2.79. The number of aliphatic imine (C=N–C) groups is 1. The summed E-state index contributed by atoms with van der Waals surface area (Å²) < 4.78 is 0. The van der Waals surface area contributed by atoms with Gasteiger partial charge in [0.2, 0.25) is 0 Å². The Morgan fingerprint density at radius 2 is 1.93 bits per heavy atom. The van der Waals surface area contributed by atoms with Gasteiger partial charge in [-0.2, -0.15) is 0 Å². The number of hydrogen-bond donors (Lipinski definition) is 1. The van der Waals surface area contributed by atoms with Crippen LogP contribution in [0.1, 0.15) is 0 Å². The second-order valence-electron chi connectivity index (χ2n) is 3.34. The minimum Gasteiger partial charge on any atom is -0.224 e. The van der Waals surface area contributed by atoms with Crippen molar-refractivity contribution < 1.29 is 0 Å². The van der Waals surface area contributed by atoms with Gasteiger partial charge in [-0.3, -0.25) is 0 Å². The Balaban J connectivity index is 2.44. The van der Waals surface area contributed by atoms with E-state index in [0.717, 1.165) is 22.1 Å². The van der Waals surface area contributed by atoms with Crippen molar-refractivity contribution in [2.45, 2.75) is 0 Å². The molecule has 2 aromatic rings. The number of anilines is 1. The Morgan fingerprint density at radius 1 is 1.13 bits per heavy atom. The highest BCUT2D eigenvalue weighted by Crippen LogP contribution is 2.35. The summed E-state index contributed by atoms with van der Waals surface area (Å²) in [6, 6.07) is 11.8. The zero-order valence-electron chi connectivity index (χ0n) is 7.81. The maximum atomic E-state index is 8.70. The number of rotatable bonds is 0. The van der Waals surface area contributed by atoms with Crippen molar-refractivity contribution in [2.75, 3.05) is 5.32 Å². The minimum absolute atomic E-state index is 0.223.